The lowest BCUT2D eigenvalue weighted by Gasteiger charge is -2.20. The van der Waals surface area contributed by atoms with Gasteiger partial charge in [0, 0.05) is 17.3 Å². The standard InChI is InChI=1S/C14H15NO/c1-14(2,16)12-9-6-10-15-13(12)11-7-4-3-5-8-11/h3-10,16H,1-2H3. The number of nitrogens with zero attached hydrogens (tertiary/aromatic N) is 1. The molecule has 0 aliphatic rings. The van der Waals surface area contributed by atoms with Crippen molar-refractivity contribution in [3.8, 4) is 11.3 Å². The van der Waals surface area contributed by atoms with Crippen molar-refractivity contribution in [1.82, 2.24) is 4.98 Å². The maximum absolute atomic E-state index is 10.1. The van der Waals surface area contributed by atoms with Gasteiger partial charge in [0.25, 0.3) is 0 Å². The molecule has 0 saturated heterocycles. The van der Waals surface area contributed by atoms with Gasteiger partial charge in [0.1, 0.15) is 0 Å². The van der Waals surface area contributed by atoms with E-state index in [1.807, 2.05) is 42.5 Å². The summed E-state index contributed by atoms with van der Waals surface area (Å²) >= 11 is 0. The third-order valence-electron chi connectivity index (χ3n) is 2.51. The van der Waals surface area contributed by atoms with Crippen molar-refractivity contribution in [2.24, 2.45) is 0 Å². The van der Waals surface area contributed by atoms with Gasteiger partial charge in [-0.25, -0.2) is 0 Å². The van der Waals surface area contributed by atoms with Gasteiger partial charge < -0.3 is 5.11 Å². The average molecular weight is 213 g/mol. The minimum absolute atomic E-state index is 0.843. The highest BCUT2D eigenvalue weighted by atomic mass is 16.3. The Morgan fingerprint density at radius 2 is 1.69 bits per heavy atom. The molecule has 0 fully saturated rings. The van der Waals surface area contributed by atoms with E-state index in [1.54, 1.807) is 20.0 Å². The monoisotopic (exact) mass is 213 g/mol. The van der Waals surface area contributed by atoms with Crippen molar-refractivity contribution in [2.45, 2.75) is 19.4 Å². The molecule has 0 aliphatic carbocycles. The summed E-state index contributed by atoms with van der Waals surface area (Å²) in [6, 6.07) is 13.7. The summed E-state index contributed by atoms with van der Waals surface area (Å²) in [6.45, 7) is 3.55. The molecule has 2 heteroatoms. The van der Waals surface area contributed by atoms with Crippen molar-refractivity contribution in [1.29, 1.82) is 0 Å². The van der Waals surface area contributed by atoms with Gasteiger partial charge in [-0.3, -0.25) is 4.98 Å². The number of rotatable bonds is 2. The molecule has 0 amide bonds. The molecule has 1 aromatic heterocycles. The van der Waals surface area contributed by atoms with Gasteiger partial charge in [0.2, 0.25) is 0 Å². The van der Waals surface area contributed by atoms with Gasteiger partial charge in [0.05, 0.1) is 11.3 Å². The Morgan fingerprint density at radius 1 is 1.00 bits per heavy atom. The molecule has 2 rings (SSSR count). The largest absolute Gasteiger partial charge is 0.386 e. The first-order chi connectivity index (χ1) is 7.59. The molecule has 0 atom stereocenters. The Hall–Kier alpha value is -1.67. The SMILES string of the molecule is CC(C)(O)c1cccnc1-c1ccccc1. The Bertz CT molecular complexity index is 472. The number of hydrogen-bond donors (Lipinski definition) is 1. The summed E-state index contributed by atoms with van der Waals surface area (Å²) in [5.74, 6) is 0. The predicted molar refractivity (Wildman–Crippen MR) is 64.9 cm³/mol. The van der Waals surface area contributed by atoms with Crippen LogP contribution in [0, 0.1) is 0 Å². The molecule has 1 aromatic carbocycles. The van der Waals surface area contributed by atoms with Crippen LogP contribution in [-0.2, 0) is 5.60 Å². The lowest BCUT2D eigenvalue weighted by Crippen LogP contribution is -2.17. The van der Waals surface area contributed by atoms with Crippen molar-refractivity contribution in [2.75, 3.05) is 0 Å². The van der Waals surface area contributed by atoms with Gasteiger partial charge in [-0.2, -0.15) is 0 Å². The number of hydrogen-bond acceptors (Lipinski definition) is 2. The summed E-state index contributed by atoms with van der Waals surface area (Å²) in [5, 5.41) is 10.1. The topological polar surface area (TPSA) is 33.1 Å². The van der Waals surface area contributed by atoms with Gasteiger partial charge in [-0.05, 0) is 19.9 Å². The van der Waals surface area contributed by atoms with Gasteiger partial charge in [0.15, 0.2) is 0 Å². The number of aromatic nitrogens is 1. The van der Waals surface area contributed by atoms with Crippen LogP contribution in [0.3, 0.4) is 0 Å². The van der Waals surface area contributed by atoms with Crippen LogP contribution in [-0.4, -0.2) is 10.1 Å². The molecule has 0 spiro atoms. The van der Waals surface area contributed by atoms with Crippen molar-refractivity contribution >= 4 is 0 Å². The van der Waals surface area contributed by atoms with Gasteiger partial charge >= 0.3 is 0 Å². The zero-order chi connectivity index (χ0) is 11.6. The first kappa shape index (κ1) is 10.8. The molecular formula is C14H15NO. The predicted octanol–water partition coefficient (Wildman–Crippen LogP) is 2.98. The summed E-state index contributed by atoms with van der Waals surface area (Å²) in [6.07, 6.45) is 1.75. The summed E-state index contributed by atoms with van der Waals surface area (Å²) < 4.78 is 0. The van der Waals surface area contributed by atoms with Crippen LogP contribution in [0.25, 0.3) is 11.3 Å². The number of pyridine rings is 1. The Labute approximate surface area is 95.6 Å². The Morgan fingerprint density at radius 3 is 2.31 bits per heavy atom. The minimum atomic E-state index is -0.876. The van der Waals surface area contributed by atoms with E-state index in [0.717, 1.165) is 16.8 Å². The molecule has 82 valence electrons. The first-order valence-corrected chi connectivity index (χ1v) is 5.32. The van der Waals surface area contributed by atoms with E-state index in [9.17, 15) is 5.11 Å². The van der Waals surface area contributed by atoms with Crippen LogP contribution in [0.2, 0.25) is 0 Å². The van der Waals surface area contributed by atoms with E-state index in [0.29, 0.717) is 0 Å². The molecule has 0 bridgehead atoms. The fraction of sp³-hybridized carbons (Fsp3) is 0.214. The third kappa shape index (κ3) is 2.12. The van der Waals surface area contributed by atoms with Crippen LogP contribution < -0.4 is 0 Å². The summed E-state index contributed by atoms with van der Waals surface area (Å²) in [7, 11) is 0. The quantitative estimate of drug-likeness (QED) is 0.832. The fourth-order valence-corrected chi connectivity index (χ4v) is 1.73. The molecule has 2 aromatic rings. The van der Waals surface area contributed by atoms with E-state index in [-0.39, 0.29) is 0 Å². The van der Waals surface area contributed by atoms with Crippen LogP contribution in [0.15, 0.2) is 48.7 Å². The molecule has 16 heavy (non-hydrogen) atoms. The summed E-state index contributed by atoms with van der Waals surface area (Å²) in [5.41, 5.74) is 1.84. The fourth-order valence-electron chi connectivity index (χ4n) is 1.73. The lowest BCUT2D eigenvalue weighted by atomic mass is 9.93. The van der Waals surface area contributed by atoms with Gasteiger partial charge in [-0.15, -0.1) is 0 Å². The van der Waals surface area contributed by atoms with E-state index < -0.39 is 5.60 Å². The van der Waals surface area contributed by atoms with Crippen LogP contribution in [0.5, 0.6) is 0 Å². The molecule has 0 saturated carbocycles. The highest BCUT2D eigenvalue weighted by Crippen LogP contribution is 2.29. The second kappa shape index (κ2) is 4.06. The van der Waals surface area contributed by atoms with Gasteiger partial charge in [-0.1, -0.05) is 36.4 Å². The Balaban J connectivity index is 2.58. The second-order valence-electron chi connectivity index (χ2n) is 4.32. The highest BCUT2D eigenvalue weighted by Gasteiger charge is 2.20. The zero-order valence-electron chi connectivity index (χ0n) is 9.51. The van der Waals surface area contributed by atoms with E-state index in [2.05, 4.69) is 4.98 Å². The molecule has 1 N–H and O–H groups in total. The number of aliphatic hydroxyl groups is 1. The lowest BCUT2D eigenvalue weighted by molar-refractivity contribution is 0.0789. The maximum Gasteiger partial charge on any atom is 0.0861 e. The van der Waals surface area contributed by atoms with Crippen LogP contribution in [0.1, 0.15) is 19.4 Å². The molecular weight excluding hydrogens is 198 g/mol. The molecule has 0 radical (unpaired) electrons. The molecule has 1 heterocycles. The molecule has 0 unspecified atom stereocenters. The summed E-state index contributed by atoms with van der Waals surface area (Å²) in [4.78, 5) is 4.36. The average Bonchev–Trinajstić information content (AvgIpc) is 2.29. The van der Waals surface area contributed by atoms with E-state index in [1.165, 1.54) is 0 Å². The minimum Gasteiger partial charge on any atom is -0.386 e. The molecule has 0 aliphatic heterocycles. The third-order valence-corrected chi connectivity index (χ3v) is 2.51. The van der Waals surface area contributed by atoms with E-state index >= 15 is 0 Å². The van der Waals surface area contributed by atoms with Crippen LogP contribution >= 0.6 is 0 Å². The van der Waals surface area contributed by atoms with Crippen molar-refractivity contribution in [3.05, 3.63) is 54.2 Å². The maximum atomic E-state index is 10.1. The normalized spacial score (nSPS) is 11.4. The van der Waals surface area contributed by atoms with Crippen molar-refractivity contribution in [3.63, 3.8) is 0 Å². The smallest absolute Gasteiger partial charge is 0.0861 e. The van der Waals surface area contributed by atoms with Crippen molar-refractivity contribution < 1.29 is 5.11 Å². The zero-order valence-corrected chi connectivity index (χ0v) is 9.51. The highest BCUT2D eigenvalue weighted by molar-refractivity contribution is 5.63. The number of benzene rings is 1. The van der Waals surface area contributed by atoms with Crippen LogP contribution in [0.4, 0.5) is 0 Å². The second-order valence-corrected chi connectivity index (χ2v) is 4.32. The van der Waals surface area contributed by atoms with E-state index in [4.69, 9.17) is 0 Å². The Kier molecular flexibility index (Phi) is 2.75. The first-order valence-electron chi connectivity index (χ1n) is 5.32. The molecule has 2 nitrogen and oxygen atoms in total.